The minimum absolute atomic E-state index is 0.205. The van der Waals surface area contributed by atoms with E-state index < -0.39 is 0 Å². The van der Waals surface area contributed by atoms with Gasteiger partial charge in [-0.15, -0.1) is 0 Å². The second-order valence-corrected chi connectivity index (χ2v) is 5.11. The smallest absolute Gasteiger partial charge is 0.0646 e. The van der Waals surface area contributed by atoms with Crippen LogP contribution >= 0.6 is 11.6 Å². The first-order chi connectivity index (χ1) is 8.47. The molecule has 1 heterocycles. The van der Waals surface area contributed by atoms with Crippen molar-refractivity contribution >= 4 is 17.3 Å². The topological polar surface area (TPSA) is 29.9 Å². The highest BCUT2D eigenvalue weighted by molar-refractivity contribution is 6.30. The SMILES string of the molecule is Cc1ccc(Cl)cc1NC(C)c1cn(C)nc1C. The van der Waals surface area contributed by atoms with Gasteiger partial charge in [-0.1, -0.05) is 17.7 Å². The first-order valence-corrected chi connectivity index (χ1v) is 6.38. The highest BCUT2D eigenvalue weighted by Gasteiger charge is 2.12. The van der Waals surface area contributed by atoms with Crippen LogP contribution in [0.3, 0.4) is 0 Å². The fourth-order valence-electron chi connectivity index (χ4n) is 2.10. The predicted molar refractivity (Wildman–Crippen MR) is 76.2 cm³/mol. The molecule has 1 atom stereocenters. The molecule has 0 bridgehead atoms. The lowest BCUT2D eigenvalue weighted by atomic mass is 10.1. The summed E-state index contributed by atoms with van der Waals surface area (Å²) in [7, 11) is 1.94. The van der Waals surface area contributed by atoms with Crippen LogP contribution in [0.2, 0.25) is 5.02 Å². The largest absolute Gasteiger partial charge is 0.378 e. The van der Waals surface area contributed by atoms with Gasteiger partial charge in [0.25, 0.3) is 0 Å². The average Bonchev–Trinajstić information content (AvgIpc) is 2.63. The van der Waals surface area contributed by atoms with Gasteiger partial charge >= 0.3 is 0 Å². The van der Waals surface area contributed by atoms with Crippen molar-refractivity contribution in [2.75, 3.05) is 5.32 Å². The van der Waals surface area contributed by atoms with E-state index in [4.69, 9.17) is 11.6 Å². The van der Waals surface area contributed by atoms with E-state index in [0.717, 1.165) is 16.4 Å². The molecule has 2 aromatic rings. The Morgan fingerprint density at radius 2 is 2.06 bits per heavy atom. The molecule has 18 heavy (non-hydrogen) atoms. The molecule has 2 rings (SSSR count). The molecule has 0 amide bonds. The number of anilines is 1. The molecule has 0 aliphatic rings. The molecule has 0 saturated carbocycles. The summed E-state index contributed by atoms with van der Waals surface area (Å²) in [5.41, 5.74) is 4.51. The summed E-state index contributed by atoms with van der Waals surface area (Å²) in [6.45, 7) is 6.23. The standard InChI is InChI=1S/C14H18ClN3/c1-9-5-6-12(15)7-14(9)16-10(2)13-8-18(4)17-11(13)3/h5-8,10,16H,1-4H3. The van der Waals surface area contributed by atoms with Crippen LogP contribution in [0.5, 0.6) is 0 Å². The third-order valence-electron chi connectivity index (χ3n) is 3.09. The third kappa shape index (κ3) is 2.67. The van der Waals surface area contributed by atoms with Gasteiger partial charge in [-0.25, -0.2) is 0 Å². The van der Waals surface area contributed by atoms with Gasteiger partial charge in [0.15, 0.2) is 0 Å². The van der Waals surface area contributed by atoms with Crippen LogP contribution in [0.1, 0.15) is 29.8 Å². The molecular formula is C14H18ClN3. The lowest BCUT2D eigenvalue weighted by Gasteiger charge is -2.16. The Labute approximate surface area is 113 Å². The molecule has 0 fully saturated rings. The van der Waals surface area contributed by atoms with Gasteiger partial charge < -0.3 is 5.32 Å². The summed E-state index contributed by atoms with van der Waals surface area (Å²) in [5.74, 6) is 0. The van der Waals surface area contributed by atoms with Gasteiger partial charge in [-0.2, -0.15) is 5.10 Å². The number of halogens is 1. The Morgan fingerprint density at radius 1 is 1.33 bits per heavy atom. The molecule has 1 aromatic heterocycles. The second kappa shape index (κ2) is 5.02. The maximum Gasteiger partial charge on any atom is 0.0646 e. The number of nitrogens with one attached hydrogen (secondary N) is 1. The molecule has 0 spiro atoms. The monoisotopic (exact) mass is 263 g/mol. The quantitative estimate of drug-likeness (QED) is 0.911. The number of nitrogens with zero attached hydrogens (tertiary/aromatic N) is 2. The Bertz CT molecular complexity index is 560. The van der Waals surface area contributed by atoms with Gasteiger partial charge in [-0.3, -0.25) is 4.68 Å². The summed E-state index contributed by atoms with van der Waals surface area (Å²) >= 11 is 6.03. The minimum Gasteiger partial charge on any atom is -0.378 e. The first kappa shape index (κ1) is 13.0. The van der Waals surface area contributed by atoms with E-state index in [1.54, 1.807) is 0 Å². The maximum atomic E-state index is 6.03. The Balaban J connectivity index is 2.23. The van der Waals surface area contributed by atoms with E-state index in [9.17, 15) is 0 Å². The number of aromatic nitrogens is 2. The van der Waals surface area contributed by atoms with Gasteiger partial charge in [0, 0.05) is 29.5 Å². The van der Waals surface area contributed by atoms with Crippen LogP contribution in [0.15, 0.2) is 24.4 Å². The molecule has 4 heteroatoms. The molecule has 0 aliphatic carbocycles. The van der Waals surface area contributed by atoms with Crippen molar-refractivity contribution in [2.45, 2.75) is 26.8 Å². The summed E-state index contributed by atoms with van der Waals surface area (Å²) in [6, 6.07) is 6.09. The second-order valence-electron chi connectivity index (χ2n) is 4.67. The molecule has 1 aromatic carbocycles. The van der Waals surface area contributed by atoms with E-state index >= 15 is 0 Å². The number of rotatable bonds is 3. The fourth-order valence-corrected chi connectivity index (χ4v) is 2.28. The van der Waals surface area contributed by atoms with Gasteiger partial charge in [0.1, 0.15) is 0 Å². The van der Waals surface area contributed by atoms with Crippen molar-refractivity contribution in [3.05, 3.63) is 46.2 Å². The summed E-state index contributed by atoms with van der Waals surface area (Å²) in [6.07, 6.45) is 2.05. The zero-order valence-corrected chi connectivity index (χ0v) is 11.9. The summed E-state index contributed by atoms with van der Waals surface area (Å²) in [5, 5.41) is 8.60. The number of hydrogen-bond acceptors (Lipinski definition) is 2. The normalized spacial score (nSPS) is 12.5. The van der Waals surface area contributed by atoms with Crippen LogP contribution in [0, 0.1) is 13.8 Å². The van der Waals surface area contributed by atoms with Gasteiger partial charge in [0.05, 0.1) is 11.7 Å². The summed E-state index contributed by atoms with van der Waals surface area (Å²) in [4.78, 5) is 0. The Hall–Kier alpha value is -1.48. The zero-order valence-electron chi connectivity index (χ0n) is 11.2. The van der Waals surface area contributed by atoms with Crippen molar-refractivity contribution < 1.29 is 0 Å². The fraction of sp³-hybridized carbons (Fsp3) is 0.357. The molecule has 3 nitrogen and oxygen atoms in total. The van der Waals surface area contributed by atoms with Crippen LogP contribution in [0.4, 0.5) is 5.69 Å². The third-order valence-corrected chi connectivity index (χ3v) is 3.32. The van der Waals surface area contributed by atoms with Crippen LogP contribution < -0.4 is 5.32 Å². The van der Waals surface area contributed by atoms with E-state index in [2.05, 4.69) is 24.3 Å². The van der Waals surface area contributed by atoms with Crippen LogP contribution in [-0.4, -0.2) is 9.78 Å². The van der Waals surface area contributed by atoms with Gasteiger partial charge in [0.2, 0.25) is 0 Å². The highest BCUT2D eigenvalue weighted by Crippen LogP contribution is 2.26. The molecule has 0 aliphatic heterocycles. The van der Waals surface area contributed by atoms with Crippen LogP contribution in [-0.2, 0) is 7.05 Å². The first-order valence-electron chi connectivity index (χ1n) is 6.00. The molecule has 1 N–H and O–H groups in total. The molecular weight excluding hydrogens is 246 g/mol. The summed E-state index contributed by atoms with van der Waals surface area (Å²) < 4.78 is 1.84. The average molecular weight is 264 g/mol. The lowest BCUT2D eigenvalue weighted by molar-refractivity contribution is 0.756. The molecule has 1 unspecified atom stereocenters. The van der Waals surface area contributed by atoms with Crippen molar-refractivity contribution in [3.8, 4) is 0 Å². The number of benzene rings is 1. The van der Waals surface area contributed by atoms with E-state index in [1.807, 2.05) is 43.0 Å². The van der Waals surface area contributed by atoms with Crippen molar-refractivity contribution in [1.29, 1.82) is 0 Å². The van der Waals surface area contributed by atoms with Gasteiger partial charge in [-0.05, 0) is 38.5 Å². The van der Waals surface area contributed by atoms with E-state index in [1.165, 1.54) is 11.1 Å². The Morgan fingerprint density at radius 3 is 2.67 bits per heavy atom. The number of hydrogen-bond donors (Lipinski definition) is 1. The van der Waals surface area contributed by atoms with Crippen molar-refractivity contribution in [2.24, 2.45) is 7.05 Å². The molecule has 0 saturated heterocycles. The molecule has 0 radical (unpaired) electrons. The van der Waals surface area contributed by atoms with Crippen molar-refractivity contribution in [3.63, 3.8) is 0 Å². The predicted octanol–water partition coefficient (Wildman–Crippen LogP) is 3.86. The molecule has 96 valence electrons. The van der Waals surface area contributed by atoms with Crippen molar-refractivity contribution in [1.82, 2.24) is 9.78 Å². The van der Waals surface area contributed by atoms with E-state index in [0.29, 0.717) is 0 Å². The maximum absolute atomic E-state index is 6.03. The van der Waals surface area contributed by atoms with Crippen LogP contribution in [0.25, 0.3) is 0 Å². The lowest BCUT2D eigenvalue weighted by Crippen LogP contribution is -2.08. The minimum atomic E-state index is 0.205. The highest BCUT2D eigenvalue weighted by atomic mass is 35.5. The number of aryl methyl sites for hydroxylation is 3. The van der Waals surface area contributed by atoms with E-state index in [-0.39, 0.29) is 6.04 Å². The Kier molecular flexibility index (Phi) is 3.62. The zero-order chi connectivity index (χ0) is 13.3.